The fraction of sp³-hybridized carbons (Fsp3) is 0.0714. The van der Waals surface area contributed by atoms with E-state index < -0.39 is 9.84 Å². The Morgan fingerprint density at radius 2 is 1.86 bits per heavy atom. The molecule has 1 heterocycles. The highest BCUT2D eigenvalue weighted by atomic mass is 35.5. The number of anilines is 1. The van der Waals surface area contributed by atoms with Gasteiger partial charge in [-0.05, 0) is 42.5 Å². The lowest BCUT2D eigenvalue weighted by molar-refractivity contribution is 0.540. The first-order valence-electron chi connectivity index (χ1n) is 6.07. The summed E-state index contributed by atoms with van der Waals surface area (Å²) in [5.41, 5.74) is 7.24. The maximum absolute atomic E-state index is 12.3. The average molecular weight is 323 g/mol. The molecule has 0 amide bonds. The number of rotatable bonds is 3. The van der Waals surface area contributed by atoms with Crippen molar-refractivity contribution in [3.05, 3.63) is 53.4 Å². The maximum atomic E-state index is 12.3. The van der Waals surface area contributed by atoms with Crippen LogP contribution >= 0.6 is 11.6 Å². The Kier molecular flexibility index (Phi) is 3.35. The zero-order valence-electron chi connectivity index (χ0n) is 10.8. The molecule has 0 aliphatic carbocycles. The number of nitrogens with two attached hydrogens (primary N) is 1. The minimum Gasteiger partial charge on any atom is -0.440 e. The van der Waals surface area contributed by atoms with E-state index in [-0.39, 0.29) is 16.5 Å². The van der Waals surface area contributed by atoms with E-state index in [0.29, 0.717) is 21.8 Å². The summed E-state index contributed by atoms with van der Waals surface area (Å²) in [6.45, 7) is 0. The van der Waals surface area contributed by atoms with Crippen LogP contribution in [0.2, 0.25) is 5.02 Å². The predicted octanol–water partition coefficient (Wildman–Crippen LogP) is 3.04. The lowest BCUT2D eigenvalue weighted by Gasteiger charge is -2.01. The van der Waals surface area contributed by atoms with Crippen LogP contribution in [0, 0.1) is 0 Å². The van der Waals surface area contributed by atoms with Crippen molar-refractivity contribution in [2.75, 3.05) is 5.73 Å². The van der Waals surface area contributed by atoms with Crippen LogP contribution in [0.4, 0.5) is 5.69 Å². The van der Waals surface area contributed by atoms with Crippen LogP contribution in [0.3, 0.4) is 0 Å². The third-order valence-corrected chi connectivity index (χ3v) is 4.81. The number of hydrogen-bond acceptors (Lipinski definition) is 5. The van der Waals surface area contributed by atoms with Gasteiger partial charge >= 0.3 is 0 Å². The van der Waals surface area contributed by atoms with Crippen molar-refractivity contribution in [2.24, 2.45) is 0 Å². The molecule has 0 saturated carbocycles. The van der Waals surface area contributed by atoms with Crippen LogP contribution in [0.5, 0.6) is 0 Å². The number of fused-ring (bicyclic) bond motifs is 1. The number of benzene rings is 2. The van der Waals surface area contributed by atoms with E-state index in [1.54, 1.807) is 18.2 Å². The molecule has 7 heteroatoms. The largest absolute Gasteiger partial charge is 0.440 e. The Hall–Kier alpha value is -2.05. The number of hydrogen-bond donors (Lipinski definition) is 1. The molecule has 5 nitrogen and oxygen atoms in total. The summed E-state index contributed by atoms with van der Waals surface area (Å²) < 4.78 is 30.0. The molecule has 0 aliphatic heterocycles. The van der Waals surface area contributed by atoms with Gasteiger partial charge in [0, 0.05) is 10.7 Å². The molecule has 0 unspecified atom stereocenters. The molecule has 3 aromatic rings. The Bertz CT molecular complexity index is 902. The smallest absolute Gasteiger partial charge is 0.211 e. The molecule has 0 atom stereocenters. The van der Waals surface area contributed by atoms with E-state index in [1.807, 2.05) is 0 Å². The van der Waals surface area contributed by atoms with Crippen molar-refractivity contribution in [1.29, 1.82) is 0 Å². The van der Waals surface area contributed by atoms with Gasteiger partial charge < -0.3 is 10.2 Å². The number of halogens is 1. The first-order chi connectivity index (χ1) is 9.94. The Balaban J connectivity index is 1.95. The summed E-state index contributed by atoms with van der Waals surface area (Å²) in [7, 11) is -3.53. The van der Waals surface area contributed by atoms with E-state index in [2.05, 4.69) is 4.98 Å². The van der Waals surface area contributed by atoms with Crippen LogP contribution in [0.15, 0.2) is 51.8 Å². The van der Waals surface area contributed by atoms with Gasteiger partial charge in [-0.15, -0.1) is 0 Å². The van der Waals surface area contributed by atoms with E-state index >= 15 is 0 Å². The minimum absolute atomic E-state index is 0.130. The summed E-state index contributed by atoms with van der Waals surface area (Å²) in [5, 5.41) is 0.478. The van der Waals surface area contributed by atoms with Crippen LogP contribution in [-0.2, 0) is 15.6 Å². The highest BCUT2D eigenvalue weighted by Crippen LogP contribution is 2.22. The van der Waals surface area contributed by atoms with E-state index in [9.17, 15) is 8.42 Å². The molecule has 3 rings (SSSR count). The summed E-state index contributed by atoms with van der Waals surface area (Å²) in [4.78, 5) is 4.32. The fourth-order valence-electron chi connectivity index (χ4n) is 1.94. The van der Waals surface area contributed by atoms with Gasteiger partial charge in [0.1, 0.15) is 11.3 Å². The van der Waals surface area contributed by atoms with Crippen molar-refractivity contribution in [1.82, 2.24) is 4.98 Å². The fourth-order valence-corrected chi connectivity index (χ4v) is 3.23. The number of sulfone groups is 1. The van der Waals surface area contributed by atoms with Gasteiger partial charge in [-0.2, -0.15) is 0 Å². The Labute approximate surface area is 126 Å². The maximum Gasteiger partial charge on any atom is 0.211 e. The van der Waals surface area contributed by atoms with Crippen LogP contribution < -0.4 is 5.73 Å². The van der Waals surface area contributed by atoms with Crippen LogP contribution in [0.1, 0.15) is 5.89 Å². The van der Waals surface area contributed by atoms with Crippen LogP contribution in [0.25, 0.3) is 11.1 Å². The van der Waals surface area contributed by atoms with Crippen molar-refractivity contribution < 1.29 is 12.8 Å². The zero-order valence-corrected chi connectivity index (χ0v) is 12.4. The third-order valence-electron chi connectivity index (χ3n) is 2.94. The van der Waals surface area contributed by atoms with Crippen molar-refractivity contribution >= 4 is 38.2 Å². The van der Waals surface area contributed by atoms with Gasteiger partial charge in [0.2, 0.25) is 5.89 Å². The topological polar surface area (TPSA) is 86.2 Å². The van der Waals surface area contributed by atoms with Gasteiger partial charge in [0.25, 0.3) is 0 Å². The SMILES string of the molecule is Nc1ccc2oc(CS(=O)(=O)c3ccc(Cl)cc3)nc2c1. The Morgan fingerprint density at radius 3 is 2.57 bits per heavy atom. The summed E-state index contributed by atoms with van der Waals surface area (Å²) >= 11 is 5.75. The van der Waals surface area contributed by atoms with Crippen molar-refractivity contribution in [3.8, 4) is 0 Å². The van der Waals surface area contributed by atoms with Gasteiger partial charge in [0.05, 0.1) is 4.90 Å². The molecule has 2 N–H and O–H groups in total. The quantitative estimate of drug-likeness (QED) is 0.749. The molecular formula is C14H11ClN2O3S. The Morgan fingerprint density at radius 1 is 1.14 bits per heavy atom. The monoisotopic (exact) mass is 322 g/mol. The van der Waals surface area contributed by atoms with Gasteiger partial charge in [0.15, 0.2) is 15.4 Å². The first-order valence-corrected chi connectivity index (χ1v) is 8.10. The number of nitrogens with zero attached hydrogens (tertiary/aromatic N) is 1. The van der Waals surface area contributed by atoms with Gasteiger partial charge in [-0.1, -0.05) is 11.6 Å². The molecule has 0 spiro atoms. The summed E-state index contributed by atoms with van der Waals surface area (Å²) in [6, 6.07) is 10.9. The summed E-state index contributed by atoms with van der Waals surface area (Å²) in [6.07, 6.45) is 0. The highest BCUT2D eigenvalue weighted by molar-refractivity contribution is 7.90. The lowest BCUT2D eigenvalue weighted by Crippen LogP contribution is -2.04. The van der Waals surface area contributed by atoms with Crippen LogP contribution in [-0.4, -0.2) is 13.4 Å². The second kappa shape index (κ2) is 5.05. The van der Waals surface area contributed by atoms with Crippen molar-refractivity contribution in [2.45, 2.75) is 10.6 Å². The van der Waals surface area contributed by atoms with E-state index in [0.717, 1.165) is 0 Å². The van der Waals surface area contributed by atoms with E-state index in [1.165, 1.54) is 24.3 Å². The first kappa shape index (κ1) is 13.9. The predicted molar refractivity (Wildman–Crippen MR) is 80.8 cm³/mol. The average Bonchev–Trinajstić information content (AvgIpc) is 2.79. The normalized spacial score (nSPS) is 11.9. The lowest BCUT2D eigenvalue weighted by atomic mass is 10.3. The number of oxazole rings is 1. The molecule has 2 aromatic carbocycles. The standard InChI is InChI=1S/C14H11ClN2O3S/c15-9-1-4-11(5-2-9)21(18,19)8-14-17-12-7-10(16)3-6-13(12)20-14/h1-7H,8,16H2. The molecule has 1 aromatic heterocycles. The summed E-state index contributed by atoms with van der Waals surface area (Å²) in [5.74, 6) is -0.186. The molecule has 0 bridgehead atoms. The molecular weight excluding hydrogens is 312 g/mol. The van der Waals surface area contributed by atoms with Gasteiger partial charge in [-0.25, -0.2) is 13.4 Å². The number of nitrogen functional groups attached to an aromatic ring is 1. The zero-order chi connectivity index (χ0) is 15.0. The molecule has 108 valence electrons. The second-order valence-corrected chi connectivity index (χ2v) is 6.97. The number of aromatic nitrogens is 1. The highest BCUT2D eigenvalue weighted by Gasteiger charge is 2.19. The second-order valence-electron chi connectivity index (χ2n) is 4.55. The molecule has 0 radical (unpaired) electrons. The molecule has 0 aliphatic rings. The van der Waals surface area contributed by atoms with Gasteiger partial charge in [-0.3, -0.25) is 0 Å². The minimum atomic E-state index is -3.53. The third kappa shape index (κ3) is 2.86. The molecule has 21 heavy (non-hydrogen) atoms. The van der Waals surface area contributed by atoms with Crippen molar-refractivity contribution in [3.63, 3.8) is 0 Å². The molecule has 0 fully saturated rings. The van der Waals surface area contributed by atoms with E-state index in [4.69, 9.17) is 21.8 Å². The molecule has 0 saturated heterocycles.